The number of carbonyl (C=O) groups is 1. The molecule has 0 aliphatic rings. The number of amides is 1. The minimum absolute atomic E-state index is 0.00306. The molecular formula is C28H29N5O3S. The van der Waals surface area contributed by atoms with Crippen LogP contribution >= 0.6 is 11.8 Å². The molecule has 0 spiro atoms. The second kappa shape index (κ2) is 12.8. The Balaban J connectivity index is 1.50. The maximum Gasteiger partial charge on any atom is 0.269 e. The van der Waals surface area contributed by atoms with Crippen LogP contribution < -0.4 is 5.32 Å². The number of rotatable bonds is 12. The number of aryl methyl sites for hydroxylation is 1. The highest BCUT2D eigenvalue weighted by Gasteiger charge is 2.17. The molecule has 1 heterocycles. The number of nitrogens with zero attached hydrogens (tertiary/aromatic N) is 4. The highest BCUT2D eigenvalue weighted by atomic mass is 32.2. The first-order valence-electron chi connectivity index (χ1n) is 12.3. The average Bonchev–Trinajstić information content (AvgIpc) is 3.34. The number of nitro benzene ring substituents is 1. The van der Waals surface area contributed by atoms with Gasteiger partial charge in [-0.3, -0.25) is 19.5 Å². The van der Waals surface area contributed by atoms with Gasteiger partial charge in [0, 0.05) is 29.1 Å². The molecule has 1 N–H and O–H groups in total. The number of hydrogen-bond acceptors (Lipinski definition) is 6. The van der Waals surface area contributed by atoms with E-state index in [0.717, 1.165) is 18.4 Å². The van der Waals surface area contributed by atoms with Crippen LogP contribution in [0.1, 0.15) is 53.5 Å². The number of non-ortho nitro benzene ring substituents is 1. The Morgan fingerprint density at radius 3 is 2.35 bits per heavy atom. The molecule has 8 nitrogen and oxygen atoms in total. The Hall–Kier alpha value is -3.98. The molecule has 1 amide bonds. The molecule has 0 saturated heterocycles. The molecule has 4 aromatic rings. The van der Waals surface area contributed by atoms with E-state index in [0.29, 0.717) is 28.0 Å². The molecule has 0 fully saturated rings. The normalized spacial score (nSPS) is 10.8. The third-order valence-electron chi connectivity index (χ3n) is 5.92. The molecule has 0 aliphatic heterocycles. The molecular weight excluding hydrogens is 486 g/mol. The molecule has 0 bridgehead atoms. The number of aromatic nitrogens is 3. The first-order chi connectivity index (χ1) is 18.0. The van der Waals surface area contributed by atoms with Crippen LogP contribution in [0, 0.1) is 10.1 Å². The van der Waals surface area contributed by atoms with Gasteiger partial charge in [-0.15, -0.1) is 10.2 Å². The lowest BCUT2D eigenvalue weighted by Crippen LogP contribution is -2.24. The summed E-state index contributed by atoms with van der Waals surface area (Å²) in [5.74, 6) is 1.02. The zero-order chi connectivity index (χ0) is 26.0. The van der Waals surface area contributed by atoms with E-state index in [1.54, 1.807) is 12.1 Å². The minimum Gasteiger partial charge on any atom is -0.345 e. The van der Waals surface area contributed by atoms with E-state index in [1.807, 2.05) is 59.2 Å². The van der Waals surface area contributed by atoms with Crippen molar-refractivity contribution >= 4 is 23.4 Å². The van der Waals surface area contributed by atoms with Crippen LogP contribution in [0.4, 0.5) is 5.69 Å². The van der Waals surface area contributed by atoms with E-state index in [4.69, 9.17) is 0 Å². The Kier molecular flexibility index (Phi) is 9.04. The van der Waals surface area contributed by atoms with Crippen molar-refractivity contribution in [3.8, 4) is 5.69 Å². The number of nitro groups is 1. The Morgan fingerprint density at radius 2 is 1.68 bits per heavy atom. The number of nitrogens with one attached hydrogen (secondary N) is 1. The summed E-state index contributed by atoms with van der Waals surface area (Å²) in [6.45, 7) is 2.34. The summed E-state index contributed by atoms with van der Waals surface area (Å²) in [5, 5.41) is 23.4. The largest absolute Gasteiger partial charge is 0.345 e. The number of unbranched alkanes of at least 4 members (excludes halogenated alkanes) is 2. The number of hydrogen-bond donors (Lipinski definition) is 1. The van der Waals surface area contributed by atoms with Gasteiger partial charge in [-0.25, -0.2) is 0 Å². The standard InChI is InChI=1S/C28H29N5O3S/c1-2-3-5-8-21-11-13-23(14-12-21)27(34)29-19-26-30-31-28(37-20-22-9-6-4-7-10-22)32(26)24-15-17-25(18-16-24)33(35)36/h4,6-7,9-18H,2-3,5,8,19-20H2,1H3,(H,29,34). The van der Waals surface area contributed by atoms with Crippen LogP contribution in [0.25, 0.3) is 5.69 Å². The van der Waals surface area contributed by atoms with E-state index >= 15 is 0 Å². The zero-order valence-electron chi connectivity index (χ0n) is 20.7. The lowest BCUT2D eigenvalue weighted by atomic mass is 10.1. The van der Waals surface area contributed by atoms with E-state index in [9.17, 15) is 14.9 Å². The van der Waals surface area contributed by atoms with Crippen LogP contribution in [0.5, 0.6) is 0 Å². The van der Waals surface area contributed by atoms with Gasteiger partial charge < -0.3 is 5.32 Å². The lowest BCUT2D eigenvalue weighted by molar-refractivity contribution is -0.384. The van der Waals surface area contributed by atoms with Gasteiger partial charge in [-0.2, -0.15) is 0 Å². The minimum atomic E-state index is -0.433. The van der Waals surface area contributed by atoms with Crippen molar-refractivity contribution < 1.29 is 9.72 Å². The van der Waals surface area contributed by atoms with Crippen molar-refractivity contribution in [2.45, 2.75) is 50.1 Å². The average molecular weight is 516 g/mol. The molecule has 0 aliphatic carbocycles. The molecule has 3 aromatic carbocycles. The van der Waals surface area contributed by atoms with Crippen LogP contribution in [-0.4, -0.2) is 25.6 Å². The monoisotopic (exact) mass is 515 g/mol. The molecule has 190 valence electrons. The van der Waals surface area contributed by atoms with Crippen LogP contribution in [-0.2, 0) is 18.7 Å². The smallest absolute Gasteiger partial charge is 0.269 e. The van der Waals surface area contributed by atoms with Gasteiger partial charge in [0.05, 0.1) is 11.5 Å². The fourth-order valence-corrected chi connectivity index (χ4v) is 4.80. The maximum absolute atomic E-state index is 12.8. The van der Waals surface area contributed by atoms with Crippen LogP contribution in [0.3, 0.4) is 0 Å². The number of carbonyl (C=O) groups excluding carboxylic acids is 1. The fraction of sp³-hybridized carbons (Fsp3) is 0.250. The third kappa shape index (κ3) is 7.04. The maximum atomic E-state index is 12.8. The van der Waals surface area contributed by atoms with Crippen molar-refractivity contribution in [1.82, 2.24) is 20.1 Å². The number of benzene rings is 3. The quantitative estimate of drug-likeness (QED) is 0.105. The molecule has 0 radical (unpaired) electrons. The summed E-state index contributed by atoms with van der Waals surface area (Å²) < 4.78 is 1.83. The van der Waals surface area contributed by atoms with Crippen molar-refractivity contribution in [2.75, 3.05) is 0 Å². The molecule has 4 rings (SSSR count). The van der Waals surface area contributed by atoms with E-state index in [1.165, 1.54) is 42.3 Å². The number of thioether (sulfide) groups is 1. The lowest BCUT2D eigenvalue weighted by Gasteiger charge is -2.11. The second-order valence-corrected chi connectivity index (χ2v) is 9.56. The van der Waals surface area contributed by atoms with Gasteiger partial charge in [0.2, 0.25) is 0 Å². The van der Waals surface area contributed by atoms with Gasteiger partial charge in [0.25, 0.3) is 11.6 Å². The first kappa shape index (κ1) is 26.1. The summed E-state index contributed by atoms with van der Waals surface area (Å²) in [6, 6.07) is 23.9. The van der Waals surface area contributed by atoms with Gasteiger partial charge in [-0.1, -0.05) is 74.0 Å². The van der Waals surface area contributed by atoms with Gasteiger partial charge in [-0.05, 0) is 48.2 Å². The van der Waals surface area contributed by atoms with E-state index in [2.05, 4.69) is 22.4 Å². The fourth-order valence-electron chi connectivity index (χ4n) is 3.88. The highest BCUT2D eigenvalue weighted by molar-refractivity contribution is 7.98. The Labute approximate surface area is 220 Å². The van der Waals surface area contributed by atoms with Crippen molar-refractivity contribution in [3.05, 3.63) is 111 Å². The van der Waals surface area contributed by atoms with Crippen LogP contribution in [0.15, 0.2) is 84.0 Å². The SMILES string of the molecule is CCCCCc1ccc(C(=O)NCc2nnc(SCc3ccccc3)n2-c2ccc([N+](=O)[O-])cc2)cc1. The predicted octanol–water partition coefficient (Wildman–Crippen LogP) is 6.13. The molecule has 9 heteroatoms. The summed E-state index contributed by atoms with van der Waals surface area (Å²) in [4.78, 5) is 23.5. The van der Waals surface area contributed by atoms with Gasteiger partial charge >= 0.3 is 0 Å². The Bertz CT molecular complexity index is 1320. The molecule has 0 saturated carbocycles. The molecule has 1 aromatic heterocycles. The van der Waals surface area contributed by atoms with Gasteiger partial charge in [0.15, 0.2) is 11.0 Å². The van der Waals surface area contributed by atoms with Crippen molar-refractivity contribution in [3.63, 3.8) is 0 Å². The summed E-state index contributed by atoms with van der Waals surface area (Å²) >= 11 is 1.51. The highest BCUT2D eigenvalue weighted by Crippen LogP contribution is 2.26. The first-order valence-corrected chi connectivity index (χ1v) is 13.3. The second-order valence-electron chi connectivity index (χ2n) is 8.62. The summed E-state index contributed by atoms with van der Waals surface area (Å²) in [6.07, 6.45) is 4.53. The predicted molar refractivity (Wildman–Crippen MR) is 145 cm³/mol. The summed E-state index contributed by atoms with van der Waals surface area (Å²) in [5.41, 5.74) is 3.64. The van der Waals surface area contributed by atoms with Crippen molar-refractivity contribution in [1.29, 1.82) is 0 Å². The van der Waals surface area contributed by atoms with E-state index in [-0.39, 0.29) is 18.1 Å². The summed E-state index contributed by atoms with van der Waals surface area (Å²) in [7, 11) is 0. The van der Waals surface area contributed by atoms with Crippen molar-refractivity contribution in [2.24, 2.45) is 0 Å². The third-order valence-corrected chi connectivity index (χ3v) is 6.92. The van der Waals surface area contributed by atoms with Gasteiger partial charge in [0.1, 0.15) is 0 Å². The molecule has 37 heavy (non-hydrogen) atoms. The molecule has 0 atom stereocenters. The van der Waals surface area contributed by atoms with Crippen LogP contribution in [0.2, 0.25) is 0 Å². The topological polar surface area (TPSA) is 103 Å². The Morgan fingerprint density at radius 1 is 0.946 bits per heavy atom. The van der Waals surface area contributed by atoms with E-state index < -0.39 is 4.92 Å². The zero-order valence-corrected chi connectivity index (χ0v) is 21.5. The molecule has 0 unspecified atom stereocenters.